The molecule has 6 nitrogen and oxygen atoms in total. The summed E-state index contributed by atoms with van der Waals surface area (Å²) in [5.41, 5.74) is -0.951. The molecule has 6 heteroatoms. The van der Waals surface area contributed by atoms with Gasteiger partial charge in [0.25, 0.3) is 0 Å². The second-order valence-electron chi connectivity index (χ2n) is 8.15. The molecular formula is C17H30N2O4. The summed E-state index contributed by atoms with van der Waals surface area (Å²) in [6.45, 7) is 10.5. The van der Waals surface area contributed by atoms with Crippen LogP contribution in [0, 0.1) is 5.92 Å². The van der Waals surface area contributed by atoms with Crippen LogP contribution in [0.1, 0.15) is 53.4 Å². The van der Waals surface area contributed by atoms with Crippen LogP contribution in [0.3, 0.4) is 0 Å². The van der Waals surface area contributed by atoms with E-state index >= 15 is 0 Å². The van der Waals surface area contributed by atoms with Crippen molar-refractivity contribution in [3.05, 3.63) is 0 Å². The lowest BCUT2D eigenvalue weighted by atomic mass is 9.84. The Balaban J connectivity index is 2.02. The Bertz CT molecular complexity index is 452. The molecule has 1 amide bonds. The van der Waals surface area contributed by atoms with Gasteiger partial charge in [0.05, 0.1) is 12.0 Å². The maximum absolute atomic E-state index is 12.2. The average Bonchev–Trinajstić information content (AvgIpc) is 2.55. The molecule has 2 fully saturated rings. The lowest BCUT2D eigenvalue weighted by molar-refractivity contribution is -0.145. The molecule has 0 aromatic rings. The zero-order valence-corrected chi connectivity index (χ0v) is 14.8. The van der Waals surface area contributed by atoms with Crippen LogP contribution < -0.4 is 0 Å². The molecule has 132 valence electrons. The summed E-state index contributed by atoms with van der Waals surface area (Å²) in [5, 5.41) is 9.32. The Morgan fingerprint density at radius 1 is 1.22 bits per heavy atom. The van der Waals surface area contributed by atoms with Crippen LogP contribution in [0.2, 0.25) is 0 Å². The molecule has 0 aromatic heterocycles. The average molecular weight is 326 g/mol. The number of hydrogen-bond donors (Lipinski definition) is 1. The summed E-state index contributed by atoms with van der Waals surface area (Å²) in [6, 6.07) is 0. The molecule has 0 aliphatic carbocycles. The molecule has 0 spiro atoms. The van der Waals surface area contributed by atoms with Gasteiger partial charge in [-0.2, -0.15) is 0 Å². The van der Waals surface area contributed by atoms with Crippen LogP contribution in [0.15, 0.2) is 0 Å². The van der Waals surface area contributed by atoms with Crippen molar-refractivity contribution in [1.82, 2.24) is 9.80 Å². The van der Waals surface area contributed by atoms with E-state index in [1.54, 1.807) is 4.90 Å². The van der Waals surface area contributed by atoms with Gasteiger partial charge in [0.1, 0.15) is 5.60 Å². The number of amides is 1. The fraction of sp³-hybridized carbons (Fsp3) is 0.882. The van der Waals surface area contributed by atoms with E-state index in [1.807, 2.05) is 20.8 Å². The number of rotatable bonds is 3. The summed E-state index contributed by atoms with van der Waals surface area (Å²) in [7, 11) is 0. The maximum atomic E-state index is 12.2. The summed E-state index contributed by atoms with van der Waals surface area (Å²) >= 11 is 0. The van der Waals surface area contributed by atoms with Gasteiger partial charge in [-0.25, -0.2) is 4.79 Å². The van der Waals surface area contributed by atoms with Crippen molar-refractivity contribution in [2.75, 3.05) is 26.2 Å². The lowest BCUT2D eigenvalue weighted by Crippen LogP contribution is -2.72. The van der Waals surface area contributed by atoms with Crippen molar-refractivity contribution in [3.63, 3.8) is 0 Å². The highest BCUT2D eigenvalue weighted by Gasteiger charge is 2.51. The molecule has 0 aromatic carbocycles. The van der Waals surface area contributed by atoms with E-state index in [0.717, 1.165) is 25.9 Å². The molecule has 2 heterocycles. The van der Waals surface area contributed by atoms with Gasteiger partial charge in [-0.3, -0.25) is 9.69 Å². The minimum atomic E-state index is -0.800. The summed E-state index contributed by atoms with van der Waals surface area (Å²) in [4.78, 5) is 27.4. The lowest BCUT2D eigenvalue weighted by Gasteiger charge is -2.55. The molecule has 1 unspecified atom stereocenters. The van der Waals surface area contributed by atoms with E-state index in [-0.39, 0.29) is 12.5 Å². The minimum Gasteiger partial charge on any atom is -0.481 e. The molecule has 1 N–H and O–H groups in total. The van der Waals surface area contributed by atoms with Gasteiger partial charge in [-0.1, -0.05) is 6.92 Å². The number of carbonyl (C=O) groups is 2. The highest BCUT2D eigenvalue weighted by atomic mass is 16.6. The normalized spacial score (nSPS) is 25.4. The molecule has 2 rings (SSSR count). The molecule has 0 radical (unpaired) electrons. The Labute approximate surface area is 138 Å². The molecule has 1 atom stereocenters. The predicted molar refractivity (Wildman–Crippen MR) is 87.4 cm³/mol. The SMILES string of the molecule is CC1CCCN(C2(CC(=O)O)CN(C(=O)OC(C)(C)C)C2)CC1. The molecule has 0 bridgehead atoms. The maximum Gasteiger partial charge on any atom is 0.410 e. The number of ether oxygens (including phenoxy) is 1. The first kappa shape index (κ1) is 18.0. The highest BCUT2D eigenvalue weighted by Crippen LogP contribution is 2.35. The first-order valence-electron chi connectivity index (χ1n) is 8.56. The first-order chi connectivity index (χ1) is 10.6. The molecule has 2 aliphatic rings. The van der Waals surface area contributed by atoms with Gasteiger partial charge in [0.2, 0.25) is 0 Å². The molecule has 2 saturated heterocycles. The number of aliphatic carboxylic acids is 1. The van der Waals surface area contributed by atoms with Crippen LogP contribution in [-0.4, -0.2) is 64.3 Å². The Hall–Kier alpha value is -1.30. The van der Waals surface area contributed by atoms with E-state index in [0.29, 0.717) is 19.0 Å². The smallest absolute Gasteiger partial charge is 0.410 e. The monoisotopic (exact) mass is 326 g/mol. The van der Waals surface area contributed by atoms with Crippen LogP contribution in [0.4, 0.5) is 4.79 Å². The number of carboxylic acid groups (broad SMARTS) is 1. The fourth-order valence-electron chi connectivity index (χ4n) is 3.56. The molecule has 23 heavy (non-hydrogen) atoms. The summed E-state index contributed by atoms with van der Waals surface area (Å²) < 4.78 is 5.39. The number of carboxylic acids is 1. The first-order valence-corrected chi connectivity index (χ1v) is 8.56. The third kappa shape index (κ3) is 4.59. The number of nitrogens with zero attached hydrogens (tertiary/aromatic N) is 2. The van der Waals surface area contributed by atoms with Crippen LogP contribution in [-0.2, 0) is 9.53 Å². The third-order valence-electron chi connectivity index (χ3n) is 4.79. The fourth-order valence-corrected chi connectivity index (χ4v) is 3.56. The van der Waals surface area contributed by atoms with Gasteiger partial charge in [0.15, 0.2) is 0 Å². The van der Waals surface area contributed by atoms with Crippen molar-refractivity contribution in [2.45, 2.75) is 64.5 Å². The van der Waals surface area contributed by atoms with Crippen molar-refractivity contribution < 1.29 is 19.4 Å². The molecule has 0 saturated carbocycles. The van der Waals surface area contributed by atoms with Gasteiger partial charge in [-0.15, -0.1) is 0 Å². The van der Waals surface area contributed by atoms with Crippen molar-refractivity contribution >= 4 is 12.1 Å². The van der Waals surface area contributed by atoms with Crippen LogP contribution >= 0.6 is 0 Å². The summed E-state index contributed by atoms with van der Waals surface area (Å²) in [5.74, 6) is -0.116. The van der Waals surface area contributed by atoms with Crippen molar-refractivity contribution in [3.8, 4) is 0 Å². The van der Waals surface area contributed by atoms with Crippen LogP contribution in [0.25, 0.3) is 0 Å². The van der Waals surface area contributed by atoms with Gasteiger partial charge < -0.3 is 14.7 Å². The van der Waals surface area contributed by atoms with Crippen molar-refractivity contribution in [1.29, 1.82) is 0 Å². The Kier molecular flexibility index (Phi) is 5.23. The Morgan fingerprint density at radius 3 is 2.43 bits per heavy atom. The van der Waals surface area contributed by atoms with Gasteiger partial charge in [0, 0.05) is 13.1 Å². The van der Waals surface area contributed by atoms with Gasteiger partial charge in [-0.05, 0) is 59.0 Å². The number of carbonyl (C=O) groups excluding carboxylic acids is 1. The Morgan fingerprint density at radius 2 is 1.87 bits per heavy atom. The van der Waals surface area contributed by atoms with E-state index in [1.165, 1.54) is 6.42 Å². The van der Waals surface area contributed by atoms with E-state index in [2.05, 4.69) is 11.8 Å². The number of likely N-dealkylation sites (tertiary alicyclic amines) is 2. The quantitative estimate of drug-likeness (QED) is 0.863. The highest BCUT2D eigenvalue weighted by molar-refractivity contribution is 5.73. The molecule has 2 aliphatic heterocycles. The van der Waals surface area contributed by atoms with E-state index in [4.69, 9.17) is 4.74 Å². The minimum absolute atomic E-state index is 0.0840. The van der Waals surface area contributed by atoms with E-state index in [9.17, 15) is 14.7 Å². The number of hydrogen-bond acceptors (Lipinski definition) is 4. The molecular weight excluding hydrogens is 296 g/mol. The van der Waals surface area contributed by atoms with Crippen LogP contribution in [0.5, 0.6) is 0 Å². The van der Waals surface area contributed by atoms with E-state index < -0.39 is 17.1 Å². The standard InChI is InChI=1S/C17H30N2O4/c1-13-6-5-8-19(9-7-13)17(10-14(20)21)11-18(12-17)15(22)23-16(2,3)4/h13H,5-12H2,1-4H3,(H,20,21). The topological polar surface area (TPSA) is 70.1 Å². The van der Waals surface area contributed by atoms with Gasteiger partial charge >= 0.3 is 12.1 Å². The zero-order valence-electron chi connectivity index (χ0n) is 14.8. The van der Waals surface area contributed by atoms with Crippen molar-refractivity contribution in [2.24, 2.45) is 5.92 Å². The predicted octanol–water partition coefficient (Wildman–Crippen LogP) is 2.57. The second kappa shape index (κ2) is 6.67. The largest absolute Gasteiger partial charge is 0.481 e. The summed E-state index contributed by atoms with van der Waals surface area (Å²) in [6.07, 6.45) is 3.11. The zero-order chi connectivity index (χ0) is 17.3. The third-order valence-corrected chi connectivity index (χ3v) is 4.79. The second-order valence-corrected chi connectivity index (χ2v) is 8.15.